The summed E-state index contributed by atoms with van der Waals surface area (Å²) < 4.78 is 0. The van der Waals surface area contributed by atoms with E-state index in [0.29, 0.717) is 12.2 Å². The number of carbonyl (C=O) groups is 1. The minimum atomic E-state index is -0.117. The van der Waals surface area contributed by atoms with E-state index >= 15 is 0 Å². The third kappa shape index (κ3) is 4.58. The fourth-order valence-corrected chi connectivity index (χ4v) is 4.15. The Morgan fingerprint density at radius 2 is 2.04 bits per heavy atom. The highest BCUT2D eigenvalue weighted by Crippen LogP contribution is 2.21. The minimum Gasteiger partial charge on any atom is -0.353 e. The first-order valence-electron chi connectivity index (χ1n) is 9.60. The number of nitrogens with zero attached hydrogens (tertiary/aromatic N) is 2. The fraction of sp³-hybridized carbons (Fsp3) is 0.273. The Morgan fingerprint density at radius 3 is 2.86 bits per heavy atom. The highest BCUT2D eigenvalue weighted by molar-refractivity contribution is 7.09. The Morgan fingerprint density at radius 1 is 1.14 bits per heavy atom. The molecule has 2 N–H and O–H groups in total. The van der Waals surface area contributed by atoms with E-state index in [-0.39, 0.29) is 11.9 Å². The van der Waals surface area contributed by atoms with Gasteiger partial charge in [-0.25, -0.2) is 4.98 Å². The third-order valence-electron chi connectivity index (χ3n) is 4.91. The van der Waals surface area contributed by atoms with Gasteiger partial charge in [-0.2, -0.15) is 0 Å². The molecule has 1 aliphatic rings. The molecule has 1 saturated heterocycles. The Hall–Kier alpha value is -2.70. The van der Waals surface area contributed by atoms with Crippen molar-refractivity contribution in [2.45, 2.75) is 12.5 Å². The molecule has 0 radical (unpaired) electrons. The smallest absolute Gasteiger partial charge is 0.269 e. The van der Waals surface area contributed by atoms with Crippen molar-refractivity contribution < 1.29 is 4.79 Å². The van der Waals surface area contributed by atoms with E-state index in [1.54, 1.807) is 17.4 Å². The topological polar surface area (TPSA) is 57.3 Å². The second-order valence-corrected chi connectivity index (χ2v) is 7.86. The molecule has 1 aromatic carbocycles. The number of amides is 1. The lowest BCUT2D eigenvalue weighted by molar-refractivity contribution is 0.0949. The van der Waals surface area contributed by atoms with Gasteiger partial charge in [-0.3, -0.25) is 4.79 Å². The maximum absolute atomic E-state index is 12.5. The number of benzene rings is 1. The number of pyridine rings is 1. The maximum atomic E-state index is 12.5. The summed E-state index contributed by atoms with van der Waals surface area (Å²) in [4.78, 5) is 20.6. The summed E-state index contributed by atoms with van der Waals surface area (Å²) in [6.45, 7) is 3.22. The number of hydrogen-bond acceptors (Lipinski definition) is 5. The van der Waals surface area contributed by atoms with Gasteiger partial charge in [0.2, 0.25) is 0 Å². The normalized spacial score (nSPS) is 16.7. The van der Waals surface area contributed by atoms with Crippen molar-refractivity contribution in [3.63, 3.8) is 0 Å². The lowest BCUT2D eigenvalue weighted by Crippen LogP contribution is -2.46. The molecule has 4 rings (SSSR count). The zero-order chi connectivity index (χ0) is 19.2. The Balaban J connectivity index is 1.39. The number of hydrogen-bond donors (Lipinski definition) is 2. The highest BCUT2D eigenvalue weighted by Gasteiger charge is 2.22. The zero-order valence-corrected chi connectivity index (χ0v) is 16.5. The lowest BCUT2D eigenvalue weighted by Gasteiger charge is -2.34. The molecule has 0 spiro atoms. The van der Waals surface area contributed by atoms with Gasteiger partial charge in [0.15, 0.2) is 0 Å². The number of thiophene rings is 1. The zero-order valence-electron chi connectivity index (χ0n) is 15.7. The summed E-state index contributed by atoms with van der Waals surface area (Å²) >= 11 is 1.71. The van der Waals surface area contributed by atoms with Gasteiger partial charge in [0.25, 0.3) is 5.91 Å². The summed E-state index contributed by atoms with van der Waals surface area (Å²) in [6.07, 6.45) is 0.847. The van der Waals surface area contributed by atoms with E-state index in [0.717, 1.165) is 31.9 Å². The van der Waals surface area contributed by atoms with Gasteiger partial charge >= 0.3 is 0 Å². The largest absolute Gasteiger partial charge is 0.353 e. The van der Waals surface area contributed by atoms with E-state index in [9.17, 15) is 4.79 Å². The number of anilines is 1. The monoisotopic (exact) mass is 392 g/mol. The van der Waals surface area contributed by atoms with Crippen molar-refractivity contribution in [1.29, 1.82) is 0 Å². The predicted molar refractivity (Wildman–Crippen MR) is 114 cm³/mol. The van der Waals surface area contributed by atoms with Crippen LogP contribution in [0.2, 0.25) is 0 Å². The molecule has 0 aliphatic carbocycles. The average Bonchev–Trinajstić information content (AvgIpc) is 3.28. The number of nitrogens with one attached hydrogen (secondary N) is 2. The SMILES string of the molecule is O=C(NCCc1cccs1)c1cccc(N2CCNC(c3ccccc3)C2)n1. The van der Waals surface area contributed by atoms with Crippen LogP contribution in [0.5, 0.6) is 0 Å². The molecule has 28 heavy (non-hydrogen) atoms. The first-order chi connectivity index (χ1) is 13.8. The quantitative estimate of drug-likeness (QED) is 0.676. The van der Waals surface area contributed by atoms with Gasteiger partial charge in [-0.1, -0.05) is 42.5 Å². The third-order valence-corrected chi connectivity index (χ3v) is 5.84. The first kappa shape index (κ1) is 18.7. The molecule has 1 atom stereocenters. The Kier molecular flexibility index (Phi) is 5.99. The van der Waals surface area contributed by atoms with Gasteiger partial charge in [0.05, 0.1) is 0 Å². The maximum Gasteiger partial charge on any atom is 0.269 e. The fourth-order valence-electron chi connectivity index (χ4n) is 3.44. The first-order valence-corrected chi connectivity index (χ1v) is 10.5. The second-order valence-electron chi connectivity index (χ2n) is 6.83. The number of rotatable bonds is 6. The van der Waals surface area contributed by atoms with Crippen LogP contribution >= 0.6 is 11.3 Å². The molecule has 1 unspecified atom stereocenters. The average molecular weight is 393 g/mol. The van der Waals surface area contributed by atoms with E-state index in [2.05, 4.69) is 56.2 Å². The molecule has 3 aromatic rings. The number of carbonyl (C=O) groups excluding carboxylic acids is 1. The molecular formula is C22H24N4OS. The molecule has 0 saturated carbocycles. The van der Waals surface area contributed by atoms with Crippen molar-refractivity contribution in [3.05, 3.63) is 82.2 Å². The Bertz CT molecular complexity index is 898. The molecule has 1 aliphatic heterocycles. The van der Waals surface area contributed by atoms with Crippen molar-refractivity contribution in [2.24, 2.45) is 0 Å². The highest BCUT2D eigenvalue weighted by atomic mass is 32.1. The van der Waals surface area contributed by atoms with Gasteiger partial charge in [-0.05, 0) is 35.6 Å². The molecule has 1 amide bonds. The minimum absolute atomic E-state index is 0.117. The van der Waals surface area contributed by atoms with Gasteiger partial charge in [-0.15, -0.1) is 11.3 Å². The summed E-state index contributed by atoms with van der Waals surface area (Å²) in [5.74, 6) is 0.737. The van der Waals surface area contributed by atoms with Crippen LogP contribution in [0.3, 0.4) is 0 Å². The van der Waals surface area contributed by atoms with Crippen LogP contribution in [0, 0.1) is 0 Å². The molecule has 2 aromatic heterocycles. The Labute approximate surface area is 169 Å². The molecule has 3 heterocycles. The molecule has 1 fully saturated rings. The molecular weight excluding hydrogens is 368 g/mol. The van der Waals surface area contributed by atoms with Crippen LogP contribution in [0.25, 0.3) is 0 Å². The van der Waals surface area contributed by atoms with E-state index in [1.807, 2.05) is 24.3 Å². The van der Waals surface area contributed by atoms with Crippen molar-refractivity contribution in [3.8, 4) is 0 Å². The predicted octanol–water partition coefficient (Wildman–Crippen LogP) is 3.27. The summed E-state index contributed by atoms with van der Waals surface area (Å²) in [6, 6.07) is 20.5. The second kappa shape index (κ2) is 8.99. The summed E-state index contributed by atoms with van der Waals surface area (Å²) in [5, 5.41) is 8.60. The van der Waals surface area contributed by atoms with Crippen LogP contribution in [-0.2, 0) is 6.42 Å². The van der Waals surface area contributed by atoms with E-state index in [4.69, 9.17) is 0 Å². The number of aromatic nitrogens is 1. The molecule has 0 bridgehead atoms. The molecule has 144 valence electrons. The van der Waals surface area contributed by atoms with E-state index < -0.39 is 0 Å². The van der Waals surface area contributed by atoms with Gasteiger partial charge in [0.1, 0.15) is 11.5 Å². The van der Waals surface area contributed by atoms with Crippen LogP contribution < -0.4 is 15.5 Å². The van der Waals surface area contributed by atoms with Crippen LogP contribution in [0.4, 0.5) is 5.82 Å². The summed E-state index contributed by atoms with van der Waals surface area (Å²) in [7, 11) is 0. The van der Waals surface area contributed by atoms with Crippen LogP contribution in [-0.4, -0.2) is 37.1 Å². The van der Waals surface area contributed by atoms with Crippen molar-refractivity contribution in [2.75, 3.05) is 31.1 Å². The number of piperazine rings is 1. The van der Waals surface area contributed by atoms with Gasteiger partial charge in [0, 0.05) is 37.1 Å². The standard InChI is InChI=1S/C22H24N4OS/c27-22(24-12-11-18-8-5-15-28-18)19-9-4-10-21(25-19)26-14-13-23-20(16-26)17-6-2-1-3-7-17/h1-10,15,20,23H,11-14,16H2,(H,24,27). The van der Waals surface area contributed by atoms with Gasteiger partial charge < -0.3 is 15.5 Å². The van der Waals surface area contributed by atoms with E-state index in [1.165, 1.54) is 10.4 Å². The van der Waals surface area contributed by atoms with Crippen molar-refractivity contribution >= 4 is 23.1 Å². The summed E-state index contributed by atoms with van der Waals surface area (Å²) in [5.41, 5.74) is 1.74. The van der Waals surface area contributed by atoms with Crippen molar-refractivity contribution in [1.82, 2.24) is 15.6 Å². The van der Waals surface area contributed by atoms with Crippen LogP contribution in [0.15, 0.2) is 66.0 Å². The molecule has 5 nitrogen and oxygen atoms in total. The lowest BCUT2D eigenvalue weighted by atomic mass is 10.0. The molecule has 6 heteroatoms. The van der Waals surface area contributed by atoms with Crippen LogP contribution in [0.1, 0.15) is 27.0 Å².